The van der Waals surface area contributed by atoms with Crippen LogP contribution in [0.1, 0.15) is 36.5 Å². The van der Waals surface area contributed by atoms with Crippen molar-refractivity contribution in [2.75, 3.05) is 0 Å². The van der Waals surface area contributed by atoms with E-state index in [0.29, 0.717) is 0 Å². The summed E-state index contributed by atoms with van der Waals surface area (Å²) < 4.78 is 74.5. The van der Waals surface area contributed by atoms with E-state index in [-0.39, 0.29) is 11.1 Å². The molecule has 0 atom stereocenters. The van der Waals surface area contributed by atoms with Gasteiger partial charge in [0.15, 0.2) is 0 Å². The lowest BCUT2D eigenvalue weighted by atomic mass is 9.94. The molecular formula is C12H12F6. The van der Waals surface area contributed by atoms with Gasteiger partial charge in [0.2, 0.25) is 0 Å². The van der Waals surface area contributed by atoms with Crippen molar-refractivity contribution in [2.24, 2.45) is 0 Å². The average Bonchev–Trinajstić information content (AvgIpc) is 2.12. The highest BCUT2D eigenvalue weighted by molar-refractivity contribution is 5.36. The molecule has 0 bridgehead atoms. The van der Waals surface area contributed by atoms with Crippen LogP contribution in [0.5, 0.6) is 0 Å². The number of hydrogen-bond acceptors (Lipinski definition) is 0. The first-order valence-electron chi connectivity index (χ1n) is 5.27. The second kappa shape index (κ2) is 4.82. The quantitative estimate of drug-likeness (QED) is 0.668. The van der Waals surface area contributed by atoms with E-state index in [1.807, 2.05) is 0 Å². The largest absolute Gasteiger partial charge is 0.416 e. The molecule has 0 saturated heterocycles. The molecule has 1 aromatic rings. The average molecular weight is 270 g/mol. The van der Waals surface area contributed by atoms with Crippen LogP contribution in [0.25, 0.3) is 0 Å². The molecule has 1 rings (SSSR count). The number of alkyl halides is 6. The van der Waals surface area contributed by atoms with Crippen LogP contribution in [0, 0.1) is 0 Å². The van der Waals surface area contributed by atoms with E-state index in [1.54, 1.807) is 0 Å². The minimum Gasteiger partial charge on any atom is -0.171 e. The first kappa shape index (κ1) is 14.9. The zero-order valence-electron chi connectivity index (χ0n) is 9.78. The smallest absolute Gasteiger partial charge is 0.171 e. The molecule has 102 valence electrons. The van der Waals surface area contributed by atoms with E-state index in [0.717, 1.165) is 18.2 Å². The van der Waals surface area contributed by atoms with Gasteiger partial charge in [0.1, 0.15) is 0 Å². The molecule has 0 N–H and O–H groups in total. The summed E-state index contributed by atoms with van der Waals surface area (Å²) in [6.07, 6.45) is -10.2. The van der Waals surface area contributed by atoms with Crippen LogP contribution in [-0.4, -0.2) is 6.18 Å². The number of rotatable bonds is 2. The molecule has 0 amide bonds. The Hall–Kier alpha value is -1.20. The highest BCUT2D eigenvalue weighted by atomic mass is 19.4. The molecule has 0 radical (unpaired) electrons. The van der Waals surface area contributed by atoms with Crippen LogP contribution in [0.15, 0.2) is 18.2 Å². The Morgan fingerprint density at radius 2 is 1.56 bits per heavy atom. The molecule has 0 fully saturated rings. The third kappa shape index (κ3) is 3.92. The molecule has 0 heterocycles. The van der Waals surface area contributed by atoms with Crippen molar-refractivity contribution in [1.82, 2.24) is 0 Å². The fourth-order valence-electron chi connectivity index (χ4n) is 1.69. The van der Waals surface area contributed by atoms with Gasteiger partial charge in [0.05, 0.1) is 12.0 Å². The summed E-state index contributed by atoms with van der Waals surface area (Å²) in [6.45, 7) is 3.03. The summed E-state index contributed by atoms with van der Waals surface area (Å²) in [5, 5.41) is 0. The van der Waals surface area contributed by atoms with Gasteiger partial charge in [-0.05, 0) is 23.1 Å². The fraction of sp³-hybridized carbons (Fsp3) is 0.500. The monoisotopic (exact) mass is 270 g/mol. The SMILES string of the molecule is CC(C)c1cc(CC(F)(F)F)ccc1C(F)(F)F. The number of hydrogen-bond donors (Lipinski definition) is 0. The molecule has 6 heteroatoms. The Labute approximate surface area is 101 Å². The van der Waals surface area contributed by atoms with Gasteiger partial charge in [0, 0.05) is 0 Å². The minimum absolute atomic E-state index is 0.107. The van der Waals surface area contributed by atoms with Gasteiger partial charge in [0.25, 0.3) is 0 Å². The van der Waals surface area contributed by atoms with E-state index >= 15 is 0 Å². The molecule has 0 nitrogen and oxygen atoms in total. The Morgan fingerprint density at radius 3 is 1.94 bits per heavy atom. The molecule has 0 unspecified atom stereocenters. The van der Waals surface area contributed by atoms with Crippen LogP contribution >= 0.6 is 0 Å². The Kier molecular flexibility index (Phi) is 3.98. The molecule has 0 aliphatic rings. The lowest BCUT2D eigenvalue weighted by molar-refractivity contribution is -0.138. The van der Waals surface area contributed by atoms with Crippen molar-refractivity contribution in [3.05, 3.63) is 34.9 Å². The van der Waals surface area contributed by atoms with E-state index in [2.05, 4.69) is 0 Å². The van der Waals surface area contributed by atoms with E-state index in [1.165, 1.54) is 13.8 Å². The molecule has 0 spiro atoms. The van der Waals surface area contributed by atoms with Crippen molar-refractivity contribution < 1.29 is 26.3 Å². The maximum absolute atomic E-state index is 12.7. The Bertz CT molecular complexity index is 414. The van der Waals surface area contributed by atoms with Crippen molar-refractivity contribution in [1.29, 1.82) is 0 Å². The fourth-order valence-corrected chi connectivity index (χ4v) is 1.69. The van der Waals surface area contributed by atoms with Crippen LogP contribution in [0.2, 0.25) is 0 Å². The number of benzene rings is 1. The predicted octanol–water partition coefficient (Wildman–Crippen LogP) is 4.93. The lowest BCUT2D eigenvalue weighted by Crippen LogP contribution is -2.14. The van der Waals surface area contributed by atoms with Gasteiger partial charge < -0.3 is 0 Å². The van der Waals surface area contributed by atoms with Crippen LogP contribution in [-0.2, 0) is 12.6 Å². The topological polar surface area (TPSA) is 0 Å². The van der Waals surface area contributed by atoms with Gasteiger partial charge in [-0.15, -0.1) is 0 Å². The third-order valence-corrected chi connectivity index (χ3v) is 2.45. The molecule has 0 aliphatic carbocycles. The summed E-state index contributed by atoms with van der Waals surface area (Å²) in [4.78, 5) is 0. The second-order valence-corrected chi connectivity index (χ2v) is 4.37. The zero-order chi connectivity index (χ0) is 14.1. The van der Waals surface area contributed by atoms with E-state index < -0.39 is 30.3 Å². The zero-order valence-corrected chi connectivity index (χ0v) is 9.78. The van der Waals surface area contributed by atoms with Gasteiger partial charge in [-0.2, -0.15) is 26.3 Å². The Morgan fingerprint density at radius 1 is 1.00 bits per heavy atom. The standard InChI is InChI=1S/C12H12F6/c1-7(2)9-5-8(6-11(13,14)15)3-4-10(9)12(16,17)18/h3-5,7H,6H2,1-2H3. The lowest BCUT2D eigenvalue weighted by Gasteiger charge is -2.17. The first-order chi connectivity index (χ1) is 8.00. The van der Waals surface area contributed by atoms with Crippen molar-refractivity contribution in [2.45, 2.75) is 38.5 Å². The van der Waals surface area contributed by atoms with Crippen LogP contribution < -0.4 is 0 Å². The molecule has 0 saturated carbocycles. The molecule has 0 aromatic heterocycles. The summed E-state index contributed by atoms with van der Waals surface area (Å²) in [5.74, 6) is -0.491. The van der Waals surface area contributed by atoms with Gasteiger partial charge >= 0.3 is 12.4 Å². The minimum atomic E-state index is -4.55. The molecule has 1 aromatic carbocycles. The number of halogens is 6. The second-order valence-electron chi connectivity index (χ2n) is 4.37. The summed E-state index contributed by atoms with van der Waals surface area (Å²) >= 11 is 0. The van der Waals surface area contributed by atoms with E-state index in [4.69, 9.17) is 0 Å². The van der Waals surface area contributed by atoms with Crippen molar-refractivity contribution in [3.8, 4) is 0 Å². The van der Waals surface area contributed by atoms with E-state index in [9.17, 15) is 26.3 Å². The van der Waals surface area contributed by atoms with Gasteiger partial charge in [-0.1, -0.05) is 26.0 Å². The predicted molar refractivity (Wildman–Crippen MR) is 55.3 cm³/mol. The summed E-state index contributed by atoms with van der Waals surface area (Å²) in [5.41, 5.74) is -1.13. The van der Waals surface area contributed by atoms with Crippen LogP contribution in [0.4, 0.5) is 26.3 Å². The normalized spacial score (nSPS) is 13.2. The van der Waals surface area contributed by atoms with Crippen molar-refractivity contribution in [3.63, 3.8) is 0 Å². The Balaban J connectivity index is 3.20. The third-order valence-electron chi connectivity index (χ3n) is 2.45. The maximum Gasteiger partial charge on any atom is 0.416 e. The maximum atomic E-state index is 12.7. The first-order valence-corrected chi connectivity index (χ1v) is 5.27. The highest BCUT2D eigenvalue weighted by Crippen LogP contribution is 2.36. The molecular weight excluding hydrogens is 258 g/mol. The van der Waals surface area contributed by atoms with Gasteiger partial charge in [-0.3, -0.25) is 0 Å². The van der Waals surface area contributed by atoms with Gasteiger partial charge in [-0.25, -0.2) is 0 Å². The van der Waals surface area contributed by atoms with Crippen molar-refractivity contribution >= 4 is 0 Å². The highest BCUT2D eigenvalue weighted by Gasteiger charge is 2.35. The molecule has 18 heavy (non-hydrogen) atoms. The molecule has 0 aliphatic heterocycles. The van der Waals surface area contributed by atoms with Crippen LogP contribution in [0.3, 0.4) is 0 Å². The summed E-state index contributed by atoms with van der Waals surface area (Å²) in [6, 6.07) is 2.58. The summed E-state index contributed by atoms with van der Waals surface area (Å²) in [7, 11) is 0.